The second-order valence-corrected chi connectivity index (χ2v) is 10.2. The highest BCUT2D eigenvalue weighted by atomic mass is 32.2. The maximum absolute atomic E-state index is 12.8. The third kappa shape index (κ3) is 4.13. The zero-order chi connectivity index (χ0) is 23.0. The molecule has 1 aliphatic heterocycles. The van der Waals surface area contributed by atoms with Crippen molar-refractivity contribution in [3.8, 4) is 5.75 Å². The van der Waals surface area contributed by atoms with Crippen LogP contribution in [0.3, 0.4) is 0 Å². The van der Waals surface area contributed by atoms with Gasteiger partial charge in [0.05, 0.1) is 7.11 Å². The van der Waals surface area contributed by atoms with Gasteiger partial charge in [-0.1, -0.05) is 6.07 Å². The Morgan fingerprint density at radius 2 is 2.00 bits per heavy atom. The molecule has 2 heterocycles. The van der Waals surface area contributed by atoms with Gasteiger partial charge in [-0.2, -0.15) is 0 Å². The van der Waals surface area contributed by atoms with Crippen molar-refractivity contribution < 1.29 is 27.5 Å². The Kier molecular flexibility index (Phi) is 6.07. The molecular formula is C19H22N4O6S2. The molecule has 0 bridgehead atoms. The molecule has 1 aromatic heterocycles. The highest BCUT2D eigenvalue weighted by Crippen LogP contribution is 2.32. The topological polar surface area (TPSA) is 125 Å². The van der Waals surface area contributed by atoms with E-state index in [1.54, 1.807) is 24.4 Å². The summed E-state index contributed by atoms with van der Waals surface area (Å²) in [6, 6.07) is 6.95. The number of nitrogens with one attached hydrogen (secondary N) is 2. The van der Waals surface area contributed by atoms with E-state index in [4.69, 9.17) is 4.74 Å². The van der Waals surface area contributed by atoms with Crippen LogP contribution in [0.2, 0.25) is 0 Å². The van der Waals surface area contributed by atoms with Gasteiger partial charge in [0.2, 0.25) is 15.9 Å². The first-order valence-electron chi connectivity index (χ1n) is 9.09. The predicted octanol–water partition coefficient (Wildman–Crippen LogP) is 1.41. The maximum Gasteiger partial charge on any atom is 0.325 e. The summed E-state index contributed by atoms with van der Waals surface area (Å²) in [5, 5.41) is 6.94. The fourth-order valence-corrected chi connectivity index (χ4v) is 4.98. The Hall–Kier alpha value is -2.96. The van der Waals surface area contributed by atoms with Crippen molar-refractivity contribution >= 4 is 44.9 Å². The van der Waals surface area contributed by atoms with E-state index in [1.165, 1.54) is 50.7 Å². The normalized spacial score (nSPS) is 18.9. The summed E-state index contributed by atoms with van der Waals surface area (Å²) < 4.78 is 31.2. The molecule has 0 radical (unpaired) electrons. The number of hydrogen-bond donors (Lipinski definition) is 2. The number of anilines is 1. The summed E-state index contributed by atoms with van der Waals surface area (Å²) in [5.74, 6) is -1.08. The smallest absolute Gasteiger partial charge is 0.325 e. The van der Waals surface area contributed by atoms with Gasteiger partial charge in [0, 0.05) is 24.7 Å². The van der Waals surface area contributed by atoms with E-state index in [-0.39, 0.29) is 16.3 Å². The van der Waals surface area contributed by atoms with Gasteiger partial charge in [-0.15, -0.1) is 11.3 Å². The quantitative estimate of drug-likeness (QED) is 0.595. The first kappa shape index (κ1) is 22.7. The van der Waals surface area contributed by atoms with Gasteiger partial charge < -0.3 is 15.4 Å². The molecule has 10 nitrogen and oxygen atoms in total. The Bertz CT molecular complexity index is 1130. The molecule has 12 heteroatoms. The van der Waals surface area contributed by atoms with Crippen LogP contribution in [0.5, 0.6) is 5.75 Å². The molecule has 0 aliphatic carbocycles. The van der Waals surface area contributed by atoms with E-state index in [1.807, 2.05) is 0 Å². The minimum atomic E-state index is -3.83. The van der Waals surface area contributed by atoms with Crippen molar-refractivity contribution in [1.82, 2.24) is 14.5 Å². The third-order valence-corrected chi connectivity index (χ3v) is 7.72. The molecule has 2 N–H and O–H groups in total. The number of rotatable bonds is 7. The molecule has 0 spiro atoms. The number of imide groups is 1. The van der Waals surface area contributed by atoms with Crippen LogP contribution < -0.4 is 15.4 Å². The lowest BCUT2D eigenvalue weighted by atomic mass is 10.0. The van der Waals surface area contributed by atoms with E-state index in [0.29, 0.717) is 4.88 Å². The third-order valence-electron chi connectivity index (χ3n) is 4.80. The van der Waals surface area contributed by atoms with Crippen LogP contribution in [0.15, 0.2) is 40.6 Å². The molecule has 1 fully saturated rings. The number of hydrogen-bond acceptors (Lipinski definition) is 7. The number of methoxy groups -OCH3 is 1. The Labute approximate surface area is 183 Å². The number of benzene rings is 1. The number of sulfonamides is 1. The lowest BCUT2D eigenvalue weighted by molar-refractivity contribution is -0.133. The lowest BCUT2D eigenvalue weighted by Crippen LogP contribution is -2.41. The van der Waals surface area contributed by atoms with Gasteiger partial charge in [0.1, 0.15) is 17.2 Å². The highest BCUT2D eigenvalue weighted by molar-refractivity contribution is 7.89. The number of carbonyl (C=O) groups excluding carboxylic acids is 3. The number of thiophene rings is 1. The van der Waals surface area contributed by atoms with E-state index >= 15 is 0 Å². The summed E-state index contributed by atoms with van der Waals surface area (Å²) in [6.45, 7) is 1.06. The minimum absolute atomic E-state index is 0.118. The van der Waals surface area contributed by atoms with Crippen molar-refractivity contribution in [3.63, 3.8) is 0 Å². The van der Waals surface area contributed by atoms with Gasteiger partial charge >= 0.3 is 6.03 Å². The van der Waals surface area contributed by atoms with Crippen LogP contribution in [0.1, 0.15) is 11.8 Å². The average molecular weight is 467 g/mol. The molecule has 166 valence electrons. The summed E-state index contributed by atoms with van der Waals surface area (Å²) >= 11 is 1.32. The molecule has 3 rings (SSSR count). The zero-order valence-electron chi connectivity index (χ0n) is 17.3. The van der Waals surface area contributed by atoms with Gasteiger partial charge in [-0.3, -0.25) is 14.5 Å². The van der Waals surface area contributed by atoms with E-state index in [9.17, 15) is 22.8 Å². The number of urea groups is 1. The lowest BCUT2D eigenvalue weighted by Gasteiger charge is -2.20. The number of ether oxygens (including phenoxy) is 1. The molecule has 1 aromatic carbocycles. The second-order valence-electron chi connectivity index (χ2n) is 7.12. The SMILES string of the molecule is COc1ccc(NC(=O)CN2C(=O)NC(C)(c3cccs3)C2=O)cc1S(=O)(=O)N(C)C. The van der Waals surface area contributed by atoms with Crippen LogP contribution in [-0.4, -0.2) is 63.2 Å². The maximum atomic E-state index is 12.8. The van der Waals surface area contributed by atoms with E-state index in [0.717, 1.165) is 9.21 Å². The standard InChI is InChI=1S/C19H22N4O6S2/c1-19(15-6-5-9-30-15)17(25)23(18(26)21-19)11-16(24)20-12-7-8-13(29-4)14(10-12)31(27,28)22(2)3/h5-10H,11H2,1-4H3,(H,20,24)(H,21,26). The summed E-state index contributed by atoms with van der Waals surface area (Å²) in [4.78, 5) is 39.1. The predicted molar refractivity (Wildman–Crippen MR) is 114 cm³/mol. The van der Waals surface area contributed by atoms with Crippen LogP contribution in [0.4, 0.5) is 10.5 Å². The van der Waals surface area contributed by atoms with Gasteiger partial charge in [-0.25, -0.2) is 17.5 Å². The second kappa shape index (κ2) is 8.29. The summed E-state index contributed by atoms with van der Waals surface area (Å²) in [7, 11) is 0.263. The Morgan fingerprint density at radius 3 is 2.58 bits per heavy atom. The number of nitrogens with zero attached hydrogens (tertiary/aromatic N) is 2. The van der Waals surface area contributed by atoms with Crippen LogP contribution >= 0.6 is 11.3 Å². The van der Waals surface area contributed by atoms with Crippen LogP contribution in [0, 0.1) is 0 Å². The molecule has 1 aliphatic rings. The molecule has 4 amide bonds. The van der Waals surface area contributed by atoms with Gasteiger partial charge in [-0.05, 0) is 36.6 Å². The molecular weight excluding hydrogens is 444 g/mol. The Morgan fingerprint density at radius 1 is 1.29 bits per heavy atom. The van der Waals surface area contributed by atoms with Gasteiger partial charge in [0.25, 0.3) is 5.91 Å². The van der Waals surface area contributed by atoms with E-state index < -0.39 is 40.0 Å². The monoisotopic (exact) mass is 466 g/mol. The zero-order valence-corrected chi connectivity index (χ0v) is 19.0. The molecule has 31 heavy (non-hydrogen) atoms. The van der Waals surface area contributed by atoms with Crippen LogP contribution in [0.25, 0.3) is 0 Å². The molecule has 0 saturated carbocycles. The minimum Gasteiger partial charge on any atom is -0.495 e. The highest BCUT2D eigenvalue weighted by Gasteiger charge is 2.50. The first-order valence-corrected chi connectivity index (χ1v) is 11.4. The number of amides is 4. The van der Waals surface area contributed by atoms with Crippen molar-refractivity contribution in [2.24, 2.45) is 0 Å². The molecule has 1 atom stereocenters. The van der Waals surface area contributed by atoms with Crippen LogP contribution in [-0.2, 0) is 25.2 Å². The van der Waals surface area contributed by atoms with Gasteiger partial charge in [0.15, 0.2) is 5.54 Å². The molecule has 2 aromatic rings. The van der Waals surface area contributed by atoms with E-state index in [2.05, 4.69) is 10.6 Å². The average Bonchev–Trinajstić information content (AvgIpc) is 3.32. The fourth-order valence-electron chi connectivity index (χ4n) is 3.07. The van der Waals surface area contributed by atoms with Crippen molar-refractivity contribution in [2.75, 3.05) is 33.1 Å². The summed E-state index contributed by atoms with van der Waals surface area (Å²) in [6.07, 6.45) is 0. The van der Waals surface area contributed by atoms with Crippen molar-refractivity contribution in [3.05, 3.63) is 40.6 Å². The van der Waals surface area contributed by atoms with Crippen molar-refractivity contribution in [1.29, 1.82) is 0 Å². The molecule has 1 unspecified atom stereocenters. The number of carbonyl (C=O) groups is 3. The van der Waals surface area contributed by atoms with Crippen molar-refractivity contribution in [2.45, 2.75) is 17.4 Å². The first-order chi connectivity index (χ1) is 14.5. The Balaban J connectivity index is 1.79. The molecule has 1 saturated heterocycles. The fraction of sp³-hybridized carbons (Fsp3) is 0.316. The largest absolute Gasteiger partial charge is 0.495 e. The summed E-state index contributed by atoms with van der Waals surface area (Å²) in [5.41, 5.74) is -1.06.